The molecule has 0 saturated carbocycles. The third-order valence-electron chi connectivity index (χ3n) is 3.41. The van der Waals surface area contributed by atoms with Gasteiger partial charge in [-0.15, -0.1) is 0 Å². The molecular formula is C16H23N3O2S. The van der Waals surface area contributed by atoms with Gasteiger partial charge in [0.2, 0.25) is 0 Å². The summed E-state index contributed by atoms with van der Waals surface area (Å²) in [4.78, 5) is 12.1. The molecule has 120 valence electrons. The Labute approximate surface area is 134 Å². The van der Waals surface area contributed by atoms with E-state index in [0.717, 1.165) is 18.5 Å². The van der Waals surface area contributed by atoms with Gasteiger partial charge in [0.25, 0.3) is 5.91 Å². The summed E-state index contributed by atoms with van der Waals surface area (Å²) in [5.41, 5.74) is 2.57. The molecule has 0 radical (unpaired) electrons. The van der Waals surface area contributed by atoms with Crippen LogP contribution in [0.3, 0.4) is 0 Å². The van der Waals surface area contributed by atoms with Crippen molar-refractivity contribution in [3.63, 3.8) is 0 Å². The predicted molar refractivity (Wildman–Crippen MR) is 88.1 cm³/mol. The first-order valence-corrected chi connectivity index (χ1v) is 8.47. The molecule has 0 aliphatic heterocycles. The molecule has 0 bridgehead atoms. The van der Waals surface area contributed by atoms with Crippen LogP contribution in [0.25, 0.3) is 0 Å². The van der Waals surface area contributed by atoms with E-state index < -0.39 is 0 Å². The Bertz CT molecular complexity index is 578. The number of nitrogens with zero attached hydrogens (tertiary/aromatic N) is 1. The number of aromatic nitrogens is 2. The number of amides is 1. The van der Waals surface area contributed by atoms with Crippen LogP contribution < -0.4 is 5.32 Å². The van der Waals surface area contributed by atoms with E-state index in [1.807, 2.05) is 11.4 Å². The number of thiophene rings is 1. The first-order chi connectivity index (χ1) is 10.6. The van der Waals surface area contributed by atoms with Crippen molar-refractivity contribution in [1.29, 1.82) is 0 Å². The van der Waals surface area contributed by atoms with E-state index in [1.165, 1.54) is 5.56 Å². The van der Waals surface area contributed by atoms with E-state index >= 15 is 0 Å². The van der Waals surface area contributed by atoms with Crippen molar-refractivity contribution in [2.75, 3.05) is 13.2 Å². The normalized spacial score (nSPS) is 12.5. The van der Waals surface area contributed by atoms with E-state index in [9.17, 15) is 9.90 Å². The van der Waals surface area contributed by atoms with Gasteiger partial charge in [-0.3, -0.25) is 9.89 Å². The van der Waals surface area contributed by atoms with Gasteiger partial charge in [-0.05, 0) is 47.2 Å². The molecule has 0 aliphatic rings. The minimum Gasteiger partial charge on any atom is -0.396 e. The summed E-state index contributed by atoms with van der Waals surface area (Å²) in [6.07, 6.45) is 1.64. The molecular weight excluding hydrogens is 298 g/mol. The standard InChI is InChI=1S/C16H23N3O2S/c1-11(2)5-14-7-15(19-18-14)16(21)17-8-13(9-20)6-12-3-4-22-10-12/h3-4,7,10-11,13,20H,5-6,8-9H2,1-2H3,(H,17,21)(H,18,19)/t13-/m0/s1. The van der Waals surface area contributed by atoms with Gasteiger partial charge < -0.3 is 10.4 Å². The number of aromatic amines is 1. The van der Waals surface area contributed by atoms with E-state index in [2.05, 4.69) is 34.7 Å². The topological polar surface area (TPSA) is 78.0 Å². The van der Waals surface area contributed by atoms with Crippen molar-refractivity contribution < 1.29 is 9.90 Å². The maximum Gasteiger partial charge on any atom is 0.271 e. The van der Waals surface area contributed by atoms with Crippen LogP contribution in [0.2, 0.25) is 0 Å². The summed E-state index contributed by atoms with van der Waals surface area (Å²) in [6.45, 7) is 4.74. The monoisotopic (exact) mass is 321 g/mol. The number of aliphatic hydroxyl groups is 1. The molecule has 1 amide bonds. The minimum absolute atomic E-state index is 0.0210. The summed E-state index contributed by atoms with van der Waals surface area (Å²) in [7, 11) is 0. The highest BCUT2D eigenvalue weighted by atomic mass is 32.1. The van der Waals surface area contributed by atoms with Crippen LogP contribution in [0.5, 0.6) is 0 Å². The molecule has 2 aromatic rings. The van der Waals surface area contributed by atoms with E-state index in [0.29, 0.717) is 18.2 Å². The molecule has 1 atom stereocenters. The van der Waals surface area contributed by atoms with Gasteiger partial charge in [0.15, 0.2) is 0 Å². The Balaban J connectivity index is 1.84. The minimum atomic E-state index is -0.199. The second-order valence-electron chi connectivity index (χ2n) is 5.97. The Kier molecular flexibility index (Phi) is 6.15. The zero-order valence-electron chi connectivity index (χ0n) is 13.0. The lowest BCUT2D eigenvalue weighted by atomic mass is 10.0. The Morgan fingerprint density at radius 1 is 1.45 bits per heavy atom. The molecule has 2 aromatic heterocycles. The van der Waals surface area contributed by atoms with Crippen LogP contribution in [0.15, 0.2) is 22.9 Å². The number of aliphatic hydroxyl groups excluding tert-OH is 1. The third kappa shape index (κ3) is 4.96. The Hall–Kier alpha value is -1.66. The molecule has 0 aliphatic carbocycles. The lowest BCUT2D eigenvalue weighted by Gasteiger charge is -2.13. The summed E-state index contributed by atoms with van der Waals surface area (Å²) >= 11 is 1.64. The summed E-state index contributed by atoms with van der Waals surface area (Å²) in [6, 6.07) is 3.84. The third-order valence-corrected chi connectivity index (χ3v) is 4.14. The molecule has 5 nitrogen and oxygen atoms in total. The molecule has 6 heteroatoms. The smallest absolute Gasteiger partial charge is 0.271 e. The van der Waals surface area contributed by atoms with Crippen LogP contribution in [0, 0.1) is 11.8 Å². The van der Waals surface area contributed by atoms with Gasteiger partial charge in [0.1, 0.15) is 5.69 Å². The van der Waals surface area contributed by atoms with Crippen molar-refractivity contribution in [2.24, 2.45) is 11.8 Å². The number of nitrogens with one attached hydrogen (secondary N) is 2. The van der Waals surface area contributed by atoms with Gasteiger partial charge in [0.05, 0.1) is 0 Å². The van der Waals surface area contributed by atoms with Crippen LogP contribution in [0.4, 0.5) is 0 Å². The fourth-order valence-corrected chi connectivity index (χ4v) is 2.97. The van der Waals surface area contributed by atoms with E-state index in [1.54, 1.807) is 17.4 Å². The van der Waals surface area contributed by atoms with Gasteiger partial charge in [-0.2, -0.15) is 16.4 Å². The number of rotatable bonds is 8. The first-order valence-electron chi connectivity index (χ1n) is 7.53. The lowest BCUT2D eigenvalue weighted by molar-refractivity contribution is 0.0935. The second-order valence-corrected chi connectivity index (χ2v) is 6.75. The number of carbonyl (C=O) groups excluding carboxylic acids is 1. The highest BCUT2D eigenvalue weighted by Crippen LogP contribution is 2.12. The van der Waals surface area contributed by atoms with E-state index in [4.69, 9.17) is 0 Å². The first kappa shape index (κ1) is 16.7. The van der Waals surface area contributed by atoms with Crippen LogP contribution in [-0.4, -0.2) is 34.4 Å². The Morgan fingerprint density at radius 3 is 2.91 bits per heavy atom. The lowest BCUT2D eigenvalue weighted by Crippen LogP contribution is -2.32. The maximum absolute atomic E-state index is 12.1. The number of carbonyl (C=O) groups is 1. The molecule has 2 rings (SSSR count). The molecule has 3 N–H and O–H groups in total. The zero-order valence-corrected chi connectivity index (χ0v) is 13.8. The number of hydrogen-bond donors (Lipinski definition) is 3. The number of H-pyrrole nitrogens is 1. The maximum atomic E-state index is 12.1. The molecule has 2 heterocycles. The molecule has 0 unspecified atom stereocenters. The fourth-order valence-electron chi connectivity index (χ4n) is 2.29. The van der Waals surface area contributed by atoms with Crippen molar-refractivity contribution in [1.82, 2.24) is 15.5 Å². The van der Waals surface area contributed by atoms with Crippen molar-refractivity contribution in [3.8, 4) is 0 Å². The zero-order chi connectivity index (χ0) is 15.9. The average Bonchev–Trinajstić information content (AvgIpc) is 3.14. The largest absolute Gasteiger partial charge is 0.396 e. The highest BCUT2D eigenvalue weighted by Gasteiger charge is 2.14. The van der Waals surface area contributed by atoms with Crippen LogP contribution in [-0.2, 0) is 12.8 Å². The molecule has 0 saturated heterocycles. The highest BCUT2D eigenvalue weighted by molar-refractivity contribution is 7.07. The van der Waals surface area contributed by atoms with Gasteiger partial charge in [-0.1, -0.05) is 13.8 Å². The summed E-state index contributed by atoms with van der Waals surface area (Å²) < 4.78 is 0. The Morgan fingerprint density at radius 2 is 2.27 bits per heavy atom. The molecule has 0 fully saturated rings. The van der Waals surface area contributed by atoms with Gasteiger partial charge in [0, 0.05) is 24.8 Å². The van der Waals surface area contributed by atoms with Crippen molar-refractivity contribution >= 4 is 17.2 Å². The van der Waals surface area contributed by atoms with Crippen LogP contribution >= 0.6 is 11.3 Å². The summed E-state index contributed by atoms with van der Waals surface area (Å²) in [5, 5.41) is 23.3. The van der Waals surface area contributed by atoms with Crippen molar-refractivity contribution in [2.45, 2.75) is 26.7 Å². The average molecular weight is 321 g/mol. The summed E-state index contributed by atoms with van der Waals surface area (Å²) in [5.74, 6) is 0.336. The predicted octanol–water partition coefficient (Wildman–Crippen LogP) is 2.25. The number of hydrogen-bond acceptors (Lipinski definition) is 4. The second kappa shape index (κ2) is 8.10. The van der Waals surface area contributed by atoms with Crippen LogP contribution in [0.1, 0.15) is 35.6 Å². The fraction of sp³-hybridized carbons (Fsp3) is 0.500. The molecule has 0 aromatic carbocycles. The van der Waals surface area contributed by atoms with E-state index in [-0.39, 0.29) is 18.4 Å². The molecule has 0 spiro atoms. The van der Waals surface area contributed by atoms with Gasteiger partial charge in [-0.25, -0.2) is 0 Å². The SMILES string of the molecule is CC(C)Cc1cc(C(=O)NC[C@@H](CO)Cc2ccsc2)n[nH]1. The molecule has 22 heavy (non-hydrogen) atoms. The quantitative estimate of drug-likeness (QED) is 0.698. The van der Waals surface area contributed by atoms with Crippen molar-refractivity contribution in [3.05, 3.63) is 39.8 Å². The van der Waals surface area contributed by atoms with Gasteiger partial charge >= 0.3 is 0 Å².